The number of pyridine rings is 2. The molecule has 2 amide bonds. The van der Waals surface area contributed by atoms with E-state index in [1.54, 1.807) is 66.9 Å². The van der Waals surface area contributed by atoms with Gasteiger partial charge >= 0.3 is 11.9 Å². The number of aryl methyl sites for hydroxylation is 2. The van der Waals surface area contributed by atoms with E-state index in [1.165, 1.54) is 12.3 Å². The molecule has 11 nitrogen and oxygen atoms in total. The van der Waals surface area contributed by atoms with Crippen LogP contribution in [-0.2, 0) is 0 Å². The standard InChI is InChI=1S/C24H23N3O3.C20H15ClN2O3/c1-16-4-9-20(15-21(16)17-5-7-18(8-6-17)24(29)30)26-23(28)19-10-11-25-22(14-19)27-12-2-3-13-27;1-12-2-7-16(23-19(24)15-8-9-22-18(21)10-15)11-17(12)13-3-5-14(6-4-13)20(25)26/h4-11,14-15H,2-3,12-13H2,1H3,(H,26,28)(H,29,30);2-11H,1H3,(H,23,24)(H,25,26). The van der Waals surface area contributed by atoms with Crippen molar-refractivity contribution in [2.45, 2.75) is 26.7 Å². The zero-order chi connectivity index (χ0) is 39.8. The van der Waals surface area contributed by atoms with Gasteiger partial charge in [-0.2, -0.15) is 0 Å². The van der Waals surface area contributed by atoms with Crippen LogP contribution in [0.4, 0.5) is 17.2 Å². The van der Waals surface area contributed by atoms with E-state index in [9.17, 15) is 19.2 Å². The van der Waals surface area contributed by atoms with E-state index >= 15 is 0 Å². The van der Waals surface area contributed by atoms with Gasteiger partial charge in [0.25, 0.3) is 11.8 Å². The summed E-state index contributed by atoms with van der Waals surface area (Å²) in [5.74, 6) is -1.56. The second-order valence-corrected chi connectivity index (χ2v) is 13.6. The first-order valence-corrected chi connectivity index (χ1v) is 18.2. The molecule has 0 aliphatic carbocycles. The molecule has 2 aromatic heterocycles. The fraction of sp³-hybridized carbons (Fsp3) is 0.136. The molecule has 7 rings (SSSR count). The molecule has 1 aliphatic rings. The van der Waals surface area contributed by atoms with Crippen molar-refractivity contribution < 1.29 is 29.4 Å². The maximum absolute atomic E-state index is 12.8. The van der Waals surface area contributed by atoms with Gasteiger partial charge in [0.05, 0.1) is 11.1 Å². The zero-order valence-electron chi connectivity index (χ0n) is 30.6. The van der Waals surface area contributed by atoms with Crippen molar-refractivity contribution >= 4 is 52.5 Å². The Morgan fingerprint density at radius 1 is 0.571 bits per heavy atom. The fourth-order valence-electron chi connectivity index (χ4n) is 6.24. The van der Waals surface area contributed by atoms with Gasteiger partial charge in [0.15, 0.2) is 0 Å². The lowest BCUT2D eigenvalue weighted by Gasteiger charge is -2.17. The third kappa shape index (κ3) is 9.62. The number of carbonyl (C=O) groups excluding carboxylic acids is 2. The highest BCUT2D eigenvalue weighted by molar-refractivity contribution is 6.29. The van der Waals surface area contributed by atoms with Crippen LogP contribution in [0.25, 0.3) is 22.3 Å². The summed E-state index contributed by atoms with van der Waals surface area (Å²) in [4.78, 5) is 57.7. The molecule has 1 fully saturated rings. The Bertz CT molecular complexity index is 2410. The Morgan fingerprint density at radius 2 is 1.02 bits per heavy atom. The molecule has 0 saturated carbocycles. The molecule has 0 bridgehead atoms. The quantitative estimate of drug-likeness (QED) is 0.105. The molecule has 3 heterocycles. The topological polar surface area (TPSA) is 162 Å². The van der Waals surface area contributed by atoms with Gasteiger partial charge in [-0.25, -0.2) is 19.6 Å². The molecule has 1 saturated heterocycles. The summed E-state index contributed by atoms with van der Waals surface area (Å²) in [7, 11) is 0. The van der Waals surface area contributed by atoms with Crippen LogP contribution in [0.2, 0.25) is 5.15 Å². The summed E-state index contributed by atoms with van der Waals surface area (Å²) in [5.41, 5.74) is 8.44. The second kappa shape index (κ2) is 17.5. The Morgan fingerprint density at radius 3 is 1.46 bits per heavy atom. The predicted molar refractivity (Wildman–Crippen MR) is 218 cm³/mol. The number of nitrogens with zero attached hydrogens (tertiary/aromatic N) is 3. The van der Waals surface area contributed by atoms with Crippen LogP contribution >= 0.6 is 11.6 Å². The second-order valence-electron chi connectivity index (χ2n) is 13.2. The molecule has 6 aromatic rings. The fourth-order valence-corrected chi connectivity index (χ4v) is 6.41. The first kappa shape index (κ1) is 38.9. The molecular weight excluding hydrogens is 730 g/mol. The zero-order valence-corrected chi connectivity index (χ0v) is 31.4. The summed E-state index contributed by atoms with van der Waals surface area (Å²) in [6, 6.07) is 31.3. The van der Waals surface area contributed by atoms with Crippen LogP contribution in [0, 0.1) is 13.8 Å². The van der Waals surface area contributed by atoms with Gasteiger partial charge in [0.1, 0.15) is 11.0 Å². The summed E-state index contributed by atoms with van der Waals surface area (Å²) in [6.45, 7) is 5.88. The SMILES string of the molecule is Cc1ccc(NC(=O)c2ccnc(Cl)c2)cc1-c1ccc(C(=O)O)cc1.Cc1ccc(NC(=O)c2ccnc(N3CCCC3)c2)cc1-c1ccc(C(=O)O)cc1. The molecule has 282 valence electrons. The molecular formula is C44H38ClN5O6. The molecule has 12 heteroatoms. The van der Waals surface area contributed by atoms with Crippen molar-refractivity contribution in [2.24, 2.45) is 0 Å². The highest BCUT2D eigenvalue weighted by atomic mass is 35.5. The van der Waals surface area contributed by atoms with E-state index in [4.69, 9.17) is 21.8 Å². The highest BCUT2D eigenvalue weighted by Crippen LogP contribution is 2.29. The molecule has 56 heavy (non-hydrogen) atoms. The van der Waals surface area contributed by atoms with E-state index in [2.05, 4.69) is 25.5 Å². The Labute approximate surface area is 328 Å². The van der Waals surface area contributed by atoms with Gasteiger partial charge in [0.2, 0.25) is 0 Å². The predicted octanol–water partition coefficient (Wildman–Crippen LogP) is 9.27. The number of carbonyl (C=O) groups is 4. The Hall–Kier alpha value is -6.85. The van der Waals surface area contributed by atoms with Crippen molar-refractivity contribution in [3.63, 3.8) is 0 Å². The summed E-state index contributed by atoms with van der Waals surface area (Å²) >= 11 is 5.82. The summed E-state index contributed by atoms with van der Waals surface area (Å²) < 4.78 is 0. The number of rotatable bonds is 9. The van der Waals surface area contributed by atoms with E-state index < -0.39 is 11.9 Å². The molecule has 4 N–H and O–H groups in total. The van der Waals surface area contributed by atoms with Crippen molar-refractivity contribution in [3.05, 3.63) is 160 Å². The highest BCUT2D eigenvalue weighted by Gasteiger charge is 2.16. The van der Waals surface area contributed by atoms with Gasteiger partial charge in [-0.3, -0.25) is 9.59 Å². The number of anilines is 3. The normalized spacial score (nSPS) is 11.9. The first-order valence-electron chi connectivity index (χ1n) is 17.8. The summed E-state index contributed by atoms with van der Waals surface area (Å²) in [6.07, 6.45) is 5.45. The van der Waals surface area contributed by atoms with Gasteiger partial charge in [-0.05, 0) is 133 Å². The number of carboxylic acid groups (broad SMARTS) is 2. The lowest BCUT2D eigenvalue weighted by Crippen LogP contribution is -2.20. The average molecular weight is 768 g/mol. The third-order valence-corrected chi connectivity index (χ3v) is 9.51. The van der Waals surface area contributed by atoms with Crippen molar-refractivity contribution in [1.29, 1.82) is 0 Å². The minimum Gasteiger partial charge on any atom is -0.478 e. The lowest BCUT2D eigenvalue weighted by molar-refractivity contribution is 0.0686. The van der Waals surface area contributed by atoms with Gasteiger partial charge in [-0.15, -0.1) is 0 Å². The number of nitrogens with one attached hydrogen (secondary N) is 2. The van der Waals surface area contributed by atoms with Gasteiger partial charge in [-0.1, -0.05) is 48.0 Å². The first-order chi connectivity index (χ1) is 26.9. The van der Waals surface area contributed by atoms with E-state index in [-0.39, 0.29) is 28.1 Å². The van der Waals surface area contributed by atoms with Crippen LogP contribution in [0.5, 0.6) is 0 Å². The van der Waals surface area contributed by atoms with Crippen LogP contribution in [-0.4, -0.2) is 57.0 Å². The minimum atomic E-state index is -0.967. The number of halogens is 1. The number of benzene rings is 4. The third-order valence-electron chi connectivity index (χ3n) is 9.30. The van der Waals surface area contributed by atoms with Crippen molar-refractivity contribution in [2.75, 3.05) is 28.6 Å². The Balaban J connectivity index is 0.000000192. The van der Waals surface area contributed by atoms with Crippen LogP contribution in [0.3, 0.4) is 0 Å². The van der Waals surface area contributed by atoms with Gasteiger partial charge in [0, 0.05) is 48.0 Å². The van der Waals surface area contributed by atoms with Crippen LogP contribution < -0.4 is 15.5 Å². The van der Waals surface area contributed by atoms with E-state index in [0.717, 1.165) is 65.1 Å². The number of amides is 2. The number of aromatic nitrogens is 2. The monoisotopic (exact) mass is 767 g/mol. The maximum Gasteiger partial charge on any atom is 0.335 e. The number of hydrogen-bond donors (Lipinski definition) is 4. The van der Waals surface area contributed by atoms with Crippen LogP contribution in [0.1, 0.15) is 65.4 Å². The van der Waals surface area contributed by atoms with Crippen molar-refractivity contribution in [3.8, 4) is 22.3 Å². The van der Waals surface area contributed by atoms with Gasteiger partial charge < -0.3 is 25.7 Å². The smallest absolute Gasteiger partial charge is 0.335 e. The molecule has 0 unspecified atom stereocenters. The molecule has 0 radical (unpaired) electrons. The summed E-state index contributed by atoms with van der Waals surface area (Å²) in [5, 5.41) is 24.1. The molecule has 0 atom stereocenters. The number of aromatic carboxylic acids is 2. The molecule has 4 aromatic carbocycles. The van der Waals surface area contributed by atoms with Crippen LogP contribution in [0.15, 0.2) is 122 Å². The molecule has 1 aliphatic heterocycles. The maximum atomic E-state index is 12.8. The number of carboxylic acids is 2. The van der Waals surface area contributed by atoms with E-state index in [1.807, 2.05) is 56.3 Å². The lowest BCUT2D eigenvalue weighted by atomic mass is 9.98. The van der Waals surface area contributed by atoms with Crippen molar-refractivity contribution in [1.82, 2.24) is 9.97 Å². The number of hydrogen-bond acceptors (Lipinski definition) is 7. The molecule has 0 spiro atoms. The Kier molecular flexibility index (Phi) is 12.2. The average Bonchev–Trinajstić information content (AvgIpc) is 3.75. The largest absolute Gasteiger partial charge is 0.478 e. The van der Waals surface area contributed by atoms with E-state index in [0.29, 0.717) is 22.5 Å². The minimum absolute atomic E-state index is 0.186.